The first-order chi connectivity index (χ1) is 5.11. The Morgan fingerprint density at radius 2 is 2.00 bits per heavy atom. The topological polar surface area (TPSA) is 12.0 Å². The Labute approximate surface area is 78.4 Å². The minimum absolute atomic E-state index is 0.123. The summed E-state index contributed by atoms with van der Waals surface area (Å²) in [5.41, 5.74) is 0.123. The highest BCUT2D eigenvalue weighted by Gasteiger charge is 2.29. The highest BCUT2D eigenvalue weighted by Crippen LogP contribution is 2.28. The van der Waals surface area contributed by atoms with Crippen molar-refractivity contribution in [3.63, 3.8) is 0 Å². The van der Waals surface area contributed by atoms with E-state index < -0.39 is 0 Å². The minimum atomic E-state index is 0.123. The first-order valence-electron chi connectivity index (χ1n) is 4.12. The molecule has 1 N–H and O–H groups in total. The van der Waals surface area contributed by atoms with E-state index in [-0.39, 0.29) is 10.9 Å². The highest BCUT2D eigenvalue weighted by atomic mass is 35.5. The van der Waals surface area contributed by atoms with Gasteiger partial charge in [-0.15, -0.1) is 23.2 Å². The maximum atomic E-state index is 6.12. The number of hydrogen-bond acceptors (Lipinski definition) is 1. The number of halogens is 2. The van der Waals surface area contributed by atoms with Crippen molar-refractivity contribution in [2.45, 2.75) is 31.1 Å². The van der Waals surface area contributed by atoms with Crippen molar-refractivity contribution in [2.24, 2.45) is 11.8 Å². The summed E-state index contributed by atoms with van der Waals surface area (Å²) in [6, 6.07) is 0. The Kier molecular flexibility index (Phi) is 3.48. The van der Waals surface area contributed by atoms with Gasteiger partial charge in [0.15, 0.2) is 0 Å². The van der Waals surface area contributed by atoms with Gasteiger partial charge in [-0.05, 0) is 18.3 Å². The summed E-state index contributed by atoms with van der Waals surface area (Å²) in [5, 5.41) is 3.40. The van der Waals surface area contributed by atoms with Gasteiger partial charge in [0.1, 0.15) is 0 Å². The van der Waals surface area contributed by atoms with Gasteiger partial charge in [-0.25, -0.2) is 0 Å². The zero-order valence-electron chi connectivity index (χ0n) is 6.98. The third-order valence-electron chi connectivity index (χ3n) is 2.33. The van der Waals surface area contributed by atoms with Crippen molar-refractivity contribution in [3.8, 4) is 0 Å². The van der Waals surface area contributed by atoms with Gasteiger partial charge in [0.2, 0.25) is 0 Å². The van der Waals surface area contributed by atoms with Gasteiger partial charge < -0.3 is 0 Å². The lowest BCUT2D eigenvalue weighted by atomic mass is 9.87. The van der Waals surface area contributed by atoms with Crippen LogP contribution in [0.25, 0.3) is 0 Å². The summed E-state index contributed by atoms with van der Waals surface area (Å²) in [6.45, 7) is 5.25. The molecule has 1 rings (SSSR count). The molecule has 66 valence electrons. The molecule has 0 radical (unpaired) electrons. The molecule has 3 heteroatoms. The second kappa shape index (κ2) is 3.97. The maximum Gasteiger partial charge on any atom is 0.0829 e. The molecule has 1 saturated heterocycles. The zero-order valence-corrected chi connectivity index (χ0v) is 8.49. The normalized spacial score (nSPS) is 39.5. The third-order valence-corrected chi connectivity index (χ3v) is 3.14. The molecule has 0 aliphatic carbocycles. The monoisotopic (exact) mass is 195 g/mol. The first kappa shape index (κ1) is 9.63. The lowest BCUT2D eigenvalue weighted by Crippen LogP contribution is -2.43. The zero-order chi connectivity index (χ0) is 8.43. The molecule has 0 amide bonds. The van der Waals surface area contributed by atoms with Crippen molar-refractivity contribution < 1.29 is 0 Å². The van der Waals surface area contributed by atoms with Crippen LogP contribution in [0, 0.1) is 11.8 Å². The van der Waals surface area contributed by atoms with Crippen LogP contribution in [0.3, 0.4) is 0 Å². The van der Waals surface area contributed by atoms with Crippen LogP contribution in [-0.4, -0.2) is 17.4 Å². The fourth-order valence-corrected chi connectivity index (χ4v) is 2.33. The summed E-state index contributed by atoms with van der Waals surface area (Å²) in [7, 11) is 0. The second-order valence-corrected chi connectivity index (χ2v) is 4.62. The second-order valence-electron chi connectivity index (χ2n) is 3.54. The molecule has 1 nitrogen and oxygen atoms in total. The molecular weight excluding hydrogens is 181 g/mol. The van der Waals surface area contributed by atoms with Crippen LogP contribution in [0.2, 0.25) is 0 Å². The van der Waals surface area contributed by atoms with Gasteiger partial charge in [0.25, 0.3) is 0 Å². The van der Waals surface area contributed by atoms with E-state index in [1.54, 1.807) is 0 Å². The lowest BCUT2D eigenvalue weighted by Gasteiger charge is -2.33. The average Bonchev–Trinajstić information content (AvgIpc) is 1.94. The number of alkyl halides is 2. The average molecular weight is 196 g/mol. The SMILES string of the molecule is CC(C)C1CC(Cl)NCC1Cl. The Morgan fingerprint density at radius 1 is 1.36 bits per heavy atom. The molecular formula is C8H15Cl2N. The molecule has 3 unspecified atom stereocenters. The number of rotatable bonds is 1. The van der Waals surface area contributed by atoms with Crippen molar-refractivity contribution >= 4 is 23.2 Å². The van der Waals surface area contributed by atoms with E-state index in [1.165, 1.54) is 0 Å². The van der Waals surface area contributed by atoms with Crippen LogP contribution in [0.4, 0.5) is 0 Å². The Morgan fingerprint density at radius 3 is 2.45 bits per heavy atom. The molecule has 1 fully saturated rings. The van der Waals surface area contributed by atoms with Gasteiger partial charge in [0.05, 0.1) is 5.50 Å². The lowest BCUT2D eigenvalue weighted by molar-refractivity contribution is 0.283. The highest BCUT2D eigenvalue weighted by molar-refractivity contribution is 6.22. The molecule has 0 saturated carbocycles. The molecule has 1 aliphatic heterocycles. The van der Waals surface area contributed by atoms with Crippen LogP contribution in [0.5, 0.6) is 0 Å². The van der Waals surface area contributed by atoms with Gasteiger partial charge in [-0.1, -0.05) is 13.8 Å². The van der Waals surface area contributed by atoms with Crippen LogP contribution >= 0.6 is 23.2 Å². The molecule has 0 spiro atoms. The third kappa shape index (κ3) is 2.50. The predicted octanol–water partition coefficient (Wildman–Crippen LogP) is 2.42. The van der Waals surface area contributed by atoms with E-state index in [1.807, 2.05) is 0 Å². The fraction of sp³-hybridized carbons (Fsp3) is 1.00. The number of hydrogen-bond donors (Lipinski definition) is 1. The Bertz CT molecular complexity index is 127. The van der Waals surface area contributed by atoms with E-state index in [9.17, 15) is 0 Å². The summed E-state index contributed by atoms with van der Waals surface area (Å²) in [5.74, 6) is 1.21. The van der Waals surface area contributed by atoms with E-state index in [0.29, 0.717) is 11.8 Å². The van der Waals surface area contributed by atoms with Crippen molar-refractivity contribution in [1.82, 2.24) is 5.32 Å². The molecule has 1 aliphatic rings. The quantitative estimate of drug-likeness (QED) is 0.501. The molecule has 0 bridgehead atoms. The maximum absolute atomic E-state index is 6.12. The molecule has 3 atom stereocenters. The Balaban J connectivity index is 2.47. The smallest absolute Gasteiger partial charge is 0.0829 e. The van der Waals surface area contributed by atoms with Crippen LogP contribution in [-0.2, 0) is 0 Å². The summed E-state index contributed by atoms with van der Waals surface area (Å²) in [4.78, 5) is 0. The summed E-state index contributed by atoms with van der Waals surface area (Å²) < 4.78 is 0. The summed E-state index contributed by atoms with van der Waals surface area (Å²) >= 11 is 12.1. The molecule has 0 aromatic rings. The molecule has 0 aromatic heterocycles. The molecule has 0 aromatic carbocycles. The molecule has 1 heterocycles. The number of piperidine rings is 1. The van der Waals surface area contributed by atoms with Crippen molar-refractivity contribution in [2.75, 3.05) is 6.54 Å². The Hall–Kier alpha value is 0.540. The molecule has 11 heavy (non-hydrogen) atoms. The van der Waals surface area contributed by atoms with Gasteiger partial charge in [-0.2, -0.15) is 0 Å². The van der Waals surface area contributed by atoms with Gasteiger partial charge in [0, 0.05) is 11.9 Å². The summed E-state index contributed by atoms with van der Waals surface area (Å²) in [6.07, 6.45) is 0.993. The first-order valence-corrected chi connectivity index (χ1v) is 5.00. The predicted molar refractivity (Wildman–Crippen MR) is 50.2 cm³/mol. The van der Waals surface area contributed by atoms with Crippen LogP contribution < -0.4 is 5.32 Å². The largest absolute Gasteiger partial charge is 0.300 e. The minimum Gasteiger partial charge on any atom is -0.300 e. The van der Waals surface area contributed by atoms with Crippen molar-refractivity contribution in [3.05, 3.63) is 0 Å². The number of nitrogens with one attached hydrogen (secondary N) is 1. The standard InChI is InChI=1S/C8H15Cl2N/c1-5(2)6-3-8(10)11-4-7(6)9/h5-8,11H,3-4H2,1-2H3. The van der Waals surface area contributed by atoms with E-state index in [4.69, 9.17) is 23.2 Å². The van der Waals surface area contributed by atoms with E-state index in [0.717, 1.165) is 13.0 Å². The van der Waals surface area contributed by atoms with Crippen LogP contribution in [0.15, 0.2) is 0 Å². The van der Waals surface area contributed by atoms with E-state index >= 15 is 0 Å². The van der Waals surface area contributed by atoms with E-state index in [2.05, 4.69) is 19.2 Å². The fourth-order valence-electron chi connectivity index (χ4n) is 1.55. The van der Waals surface area contributed by atoms with Gasteiger partial charge >= 0.3 is 0 Å². The van der Waals surface area contributed by atoms with Gasteiger partial charge in [-0.3, -0.25) is 5.32 Å². The van der Waals surface area contributed by atoms with Crippen molar-refractivity contribution in [1.29, 1.82) is 0 Å². The van der Waals surface area contributed by atoms with Crippen LogP contribution in [0.1, 0.15) is 20.3 Å².